The van der Waals surface area contributed by atoms with Crippen molar-refractivity contribution in [1.82, 2.24) is 9.78 Å². The molecule has 0 aliphatic carbocycles. The van der Waals surface area contributed by atoms with Crippen molar-refractivity contribution < 1.29 is 18.5 Å². The van der Waals surface area contributed by atoms with E-state index in [1.54, 1.807) is 30.0 Å². The highest BCUT2D eigenvalue weighted by atomic mass is 32.2. The summed E-state index contributed by atoms with van der Waals surface area (Å²) in [6, 6.07) is 14.5. The van der Waals surface area contributed by atoms with E-state index >= 15 is 0 Å². The zero-order chi connectivity index (χ0) is 20.4. The summed E-state index contributed by atoms with van der Waals surface area (Å²) in [6.45, 7) is 2.33. The van der Waals surface area contributed by atoms with E-state index in [2.05, 4.69) is 10.4 Å². The highest BCUT2D eigenvalue weighted by Gasteiger charge is 2.29. The van der Waals surface area contributed by atoms with Crippen LogP contribution in [0.25, 0.3) is 5.69 Å². The fourth-order valence-corrected chi connectivity index (χ4v) is 4.54. The molecule has 2 aromatic carbocycles. The van der Waals surface area contributed by atoms with E-state index in [0.29, 0.717) is 35.2 Å². The monoisotopic (exact) mass is 411 g/mol. The number of aromatic nitrogens is 2. The van der Waals surface area contributed by atoms with Crippen LogP contribution in [0.2, 0.25) is 0 Å². The first-order valence-corrected chi connectivity index (χ1v) is 10.7. The largest absolute Gasteiger partial charge is 0.497 e. The second-order valence-corrected chi connectivity index (χ2v) is 7.95. The molecular weight excluding hydrogens is 390 g/mol. The lowest BCUT2D eigenvalue weighted by atomic mass is 10.2. The van der Waals surface area contributed by atoms with Gasteiger partial charge in [-0.3, -0.25) is 9.00 Å². The maximum atomic E-state index is 13.0. The van der Waals surface area contributed by atoms with Crippen LogP contribution in [0.3, 0.4) is 0 Å². The fraction of sp³-hybridized carbons (Fsp3) is 0.238. The third kappa shape index (κ3) is 3.75. The van der Waals surface area contributed by atoms with Crippen molar-refractivity contribution in [3.8, 4) is 17.2 Å². The first-order chi connectivity index (χ1) is 14.1. The molecule has 1 aliphatic heterocycles. The van der Waals surface area contributed by atoms with Crippen LogP contribution in [0.5, 0.6) is 11.5 Å². The van der Waals surface area contributed by atoms with E-state index in [1.807, 2.05) is 37.3 Å². The zero-order valence-corrected chi connectivity index (χ0v) is 17.0. The molecular formula is C21H21N3O4S. The molecule has 0 saturated heterocycles. The van der Waals surface area contributed by atoms with Crippen molar-refractivity contribution in [2.75, 3.05) is 19.0 Å². The van der Waals surface area contributed by atoms with E-state index in [1.165, 1.54) is 0 Å². The number of ether oxygens (including phenoxy) is 2. The maximum absolute atomic E-state index is 13.0. The molecule has 0 bridgehead atoms. The summed E-state index contributed by atoms with van der Waals surface area (Å²) in [4.78, 5) is 13.0. The van der Waals surface area contributed by atoms with E-state index in [4.69, 9.17) is 9.47 Å². The summed E-state index contributed by atoms with van der Waals surface area (Å²) in [6.07, 6.45) is 0. The Kier molecular flexibility index (Phi) is 5.35. The third-order valence-corrected chi connectivity index (χ3v) is 5.86. The molecule has 0 saturated carbocycles. The first kappa shape index (κ1) is 19.2. The SMILES string of the molecule is CCOc1ccccc1C(=O)Nc1c2c(nn1-c1ccc(OC)cc1)CS(=O)C2. The summed E-state index contributed by atoms with van der Waals surface area (Å²) in [7, 11) is 0.599. The Bertz CT molecular complexity index is 1080. The van der Waals surface area contributed by atoms with Crippen LogP contribution in [0.15, 0.2) is 48.5 Å². The van der Waals surface area contributed by atoms with Crippen molar-refractivity contribution in [2.45, 2.75) is 18.4 Å². The molecule has 8 heteroatoms. The van der Waals surface area contributed by atoms with Crippen molar-refractivity contribution >= 4 is 22.5 Å². The van der Waals surface area contributed by atoms with Crippen molar-refractivity contribution in [1.29, 1.82) is 0 Å². The number of para-hydroxylation sites is 1. The van der Waals surface area contributed by atoms with Crippen molar-refractivity contribution in [2.24, 2.45) is 0 Å². The normalized spacial score (nSPS) is 15.0. The van der Waals surface area contributed by atoms with Gasteiger partial charge in [0, 0.05) is 16.4 Å². The molecule has 2 heterocycles. The van der Waals surface area contributed by atoms with E-state index in [0.717, 1.165) is 22.7 Å². The van der Waals surface area contributed by atoms with Gasteiger partial charge in [0.2, 0.25) is 0 Å². The molecule has 1 unspecified atom stereocenters. The van der Waals surface area contributed by atoms with E-state index in [-0.39, 0.29) is 5.91 Å². The van der Waals surface area contributed by atoms with Crippen LogP contribution in [0.4, 0.5) is 5.82 Å². The molecule has 1 aromatic heterocycles. The zero-order valence-electron chi connectivity index (χ0n) is 16.2. The molecule has 1 atom stereocenters. The average molecular weight is 411 g/mol. The summed E-state index contributed by atoms with van der Waals surface area (Å²) in [5, 5.41) is 7.58. The summed E-state index contributed by atoms with van der Waals surface area (Å²) < 4.78 is 24.5. The van der Waals surface area contributed by atoms with Gasteiger partial charge in [0.05, 0.1) is 42.2 Å². The standard InChI is InChI=1S/C21H21N3O4S/c1-3-28-19-7-5-4-6-16(19)21(25)22-20-17-12-29(26)13-18(17)23-24(20)14-8-10-15(27-2)11-9-14/h4-11H,3,12-13H2,1-2H3,(H,22,25). The topological polar surface area (TPSA) is 82.4 Å². The van der Waals surface area contributed by atoms with Gasteiger partial charge < -0.3 is 14.8 Å². The number of rotatable bonds is 6. The van der Waals surface area contributed by atoms with E-state index < -0.39 is 10.8 Å². The number of fused-ring (bicyclic) bond motifs is 1. The highest BCUT2D eigenvalue weighted by Crippen LogP contribution is 2.32. The number of amides is 1. The van der Waals surface area contributed by atoms with Gasteiger partial charge in [-0.2, -0.15) is 5.10 Å². The quantitative estimate of drug-likeness (QED) is 0.673. The summed E-state index contributed by atoms with van der Waals surface area (Å²) in [5.41, 5.74) is 2.76. The lowest BCUT2D eigenvalue weighted by Crippen LogP contribution is -2.17. The molecule has 1 N–H and O–H groups in total. The Labute approximate surface area is 171 Å². The van der Waals surface area contributed by atoms with Gasteiger partial charge in [-0.05, 0) is 43.3 Å². The molecule has 0 fully saturated rings. The smallest absolute Gasteiger partial charge is 0.260 e. The lowest BCUT2D eigenvalue weighted by molar-refractivity contribution is 0.102. The minimum Gasteiger partial charge on any atom is -0.497 e. The Hall–Kier alpha value is -3.13. The van der Waals surface area contributed by atoms with Crippen LogP contribution in [-0.4, -0.2) is 33.6 Å². The molecule has 3 aromatic rings. The second kappa shape index (κ2) is 8.08. The van der Waals surface area contributed by atoms with Gasteiger partial charge in [0.15, 0.2) is 0 Å². The number of carbonyl (C=O) groups is 1. The van der Waals surface area contributed by atoms with Crippen molar-refractivity contribution in [3.63, 3.8) is 0 Å². The Balaban J connectivity index is 1.73. The predicted molar refractivity (Wildman–Crippen MR) is 111 cm³/mol. The molecule has 150 valence electrons. The molecule has 1 aliphatic rings. The Morgan fingerprint density at radius 2 is 1.93 bits per heavy atom. The van der Waals surface area contributed by atoms with Gasteiger partial charge in [-0.25, -0.2) is 4.68 Å². The fourth-order valence-electron chi connectivity index (χ4n) is 3.28. The van der Waals surface area contributed by atoms with E-state index in [9.17, 15) is 9.00 Å². The number of hydrogen-bond acceptors (Lipinski definition) is 5. The average Bonchev–Trinajstić information content (AvgIpc) is 3.25. The molecule has 0 radical (unpaired) electrons. The number of methoxy groups -OCH3 is 1. The molecule has 29 heavy (non-hydrogen) atoms. The summed E-state index contributed by atoms with van der Waals surface area (Å²) in [5.74, 6) is 2.23. The van der Waals surface area contributed by atoms with Crippen molar-refractivity contribution in [3.05, 3.63) is 65.4 Å². The van der Waals surface area contributed by atoms with Crippen LogP contribution < -0.4 is 14.8 Å². The number of nitrogens with one attached hydrogen (secondary N) is 1. The van der Waals surface area contributed by atoms with Gasteiger partial charge in [-0.1, -0.05) is 12.1 Å². The van der Waals surface area contributed by atoms with Crippen LogP contribution >= 0.6 is 0 Å². The van der Waals surface area contributed by atoms with Gasteiger partial charge in [-0.15, -0.1) is 0 Å². The maximum Gasteiger partial charge on any atom is 0.260 e. The van der Waals surface area contributed by atoms with Gasteiger partial charge in [0.25, 0.3) is 5.91 Å². The first-order valence-electron chi connectivity index (χ1n) is 9.24. The Morgan fingerprint density at radius 3 is 2.66 bits per heavy atom. The van der Waals surface area contributed by atoms with Gasteiger partial charge in [0.1, 0.15) is 17.3 Å². The molecule has 7 nitrogen and oxygen atoms in total. The second-order valence-electron chi connectivity index (χ2n) is 6.50. The summed E-state index contributed by atoms with van der Waals surface area (Å²) >= 11 is 0. The minimum atomic E-state index is -1.01. The molecule has 0 spiro atoms. The number of carbonyl (C=O) groups excluding carboxylic acids is 1. The van der Waals surface area contributed by atoms with Crippen LogP contribution in [-0.2, 0) is 22.3 Å². The highest BCUT2D eigenvalue weighted by molar-refractivity contribution is 7.83. The number of benzene rings is 2. The number of nitrogens with zero attached hydrogens (tertiary/aromatic N) is 2. The third-order valence-electron chi connectivity index (χ3n) is 4.65. The number of hydrogen-bond donors (Lipinski definition) is 1. The lowest BCUT2D eigenvalue weighted by Gasteiger charge is -2.13. The molecule has 1 amide bonds. The predicted octanol–water partition coefficient (Wildman–Crippen LogP) is 3.29. The van der Waals surface area contributed by atoms with Crippen LogP contribution in [0, 0.1) is 0 Å². The van der Waals surface area contributed by atoms with Crippen LogP contribution in [0.1, 0.15) is 28.5 Å². The van der Waals surface area contributed by atoms with Gasteiger partial charge >= 0.3 is 0 Å². The minimum absolute atomic E-state index is 0.302. The molecule has 4 rings (SSSR count). The Morgan fingerprint density at radius 1 is 1.17 bits per heavy atom. The number of anilines is 1.